The average molecular weight is 248 g/mol. The maximum absolute atomic E-state index is 5.37. The van der Waals surface area contributed by atoms with Crippen molar-refractivity contribution in [3.05, 3.63) is 21.9 Å². The Labute approximate surface area is 108 Å². The lowest BCUT2D eigenvalue weighted by Gasteiger charge is -2.13. The van der Waals surface area contributed by atoms with Crippen LogP contribution >= 0.6 is 11.3 Å². The molecule has 2 rings (SSSR count). The molecule has 0 saturated carbocycles. The third-order valence-corrected chi connectivity index (χ3v) is 4.29. The molecule has 17 heavy (non-hydrogen) atoms. The molecule has 92 valence electrons. The molecule has 1 aromatic rings. The Morgan fingerprint density at radius 1 is 1.53 bits per heavy atom. The van der Waals surface area contributed by atoms with Gasteiger partial charge in [0.25, 0.3) is 0 Å². The van der Waals surface area contributed by atoms with Crippen molar-refractivity contribution in [3.8, 4) is 11.8 Å². The van der Waals surface area contributed by atoms with Crippen LogP contribution < -0.4 is 5.73 Å². The second-order valence-corrected chi connectivity index (χ2v) is 5.74. The summed E-state index contributed by atoms with van der Waals surface area (Å²) in [7, 11) is 0. The van der Waals surface area contributed by atoms with E-state index in [2.05, 4.69) is 35.8 Å². The van der Waals surface area contributed by atoms with E-state index in [1.807, 2.05) is 0 Å². The Bertz CT molecular complexity index is 413. The molecule has 1 aliphatic rings. The zero-order chi connectivity index (χ0) is 12.1. The number of rotatable bonds is 3. The first-order valence-corrected chi connectivity index (χ1v) is 7.13. The lowest BCUT2D eigenvalue weighted by molar-refractivity contribution is 0.318. The summed E-state index contributed by atoms with van der Waals surface area (Å²) in [5.41, 5.74) is 5.37. The molecule has 2 nitrogen and oxygen atoms in total. The molecule has 3 heteroatoms. The van der Waals surface area contributed by atoms with Gasteiger partial charge in [-0.05, 0) is 31.0 Å². The zero-order valence-corrected chi connectivity index (χ0v) is 11.2. The fourth-order valence-electron chi connectivity index (χ4n) is 2.28. The maximum atomic E-state index is 5.37. The van der Waals surface area contributed by atoms with Crippen molar-refractivity contribution in [2.24, 2.45) is 11.7 Å². The molecule has 1 unspecified atom stereocenters. The van der Waals surface area contributed by atoms with Crippen molar-refractivity contribution in [1.82, 2.24) is 4.90 Å². The molecule has 1 atom stereocenters. The van der Waals surface area contributed by atoms with Gasteiger partial charge in [0, 0.05) is 18.0 Å². The third kappa shape index (κ3) is 3.57. The van der Waals surface area contributed by atoms with Gasteiger partial charge in [0.15, 0.2) is 0 Å². The van der Waals surface area contributed by atoms with Crippen molar-refractivity contribution < 1.29 is 0 Å². The van der Waals surface area contributed by atoms with Crippen LogP contribution in [0.15, 0.2) is 12.1 Å². The summed E-state index contributed by atoms with van der Waals surface area (Å²) in [5, 5.41) is 0. The van der Waals surface area contributed by atoms with E-state index < -0.39 is 0 Å². The van der Waals surface area contributed by atoms with E-state index >= 15 is 0 Å². The fraction of sp³-hybridized carbons (Fsp3) is 0.571. The van der Waals surface area contributed by atoms with Crippen LogP contribution in [0.2, 0.25) is 0 Å². The minimum absolute atomic E-state index is 0.442. The molecule has 0 aliphatic carbocycles. The predicted molar refractivity (Wildman–Crippen MR) is 73.9 cm³/mol. The van der Waals surface area contributed by atoms with Crippen LogP contribution in [-0.4, -0.2) is 24.5 Å². The Morgan fingerprint density at radius 2 is 2.41 bits per heavy atom. The van der Waals surface area contributed by atoms with Crippen LogP contribution in [0.25, 0.3) is 0 Å². The highest BCUT2D eigenvalue weighted by molar-refractivity contribution is 7.12. The first kappa shape index (κ1) is 12.6. The molecule has 2 heterocycles. The maximum Gasteiger partial charge on any atom is 0.0772 e. The van der Waals surface area contributed by atoms with Crippen molar-refractivity contribution in [3.63, 3.8) is 0 Å². The van der Waals surface area contributed by atoms with Gasteiger partial charge in [-0.2, -0.15) is 0 Å². The highest BCUT2D eigenvalue weighted by atomic mass is 32.1. The summed E-state index contributed by atoms with van der Waals surface area (Å²) in [5.74, 6) is 6.91. The van der Waals surface area contributed by atoms with Gasteiger partial charge < -0.3 is 5.73 Å². The number of hydrogen-bond acceptors (Lipinski definition) is 3. The molecule has 0 spiro atoms. The van der Waals surface area contributed by atoms with Crippen molar-refractivity contribution in [2.75, 3.05) is 19.6 Å². The van der Waals surface area contributed by atoms with Crippen molar-refractivity contribution >= 4 is 11.3 Å². The van der Waals surface area contributed by atoms with Crippen molar-refractivity contribution in [1.29, 1.82) is 0 Å². The van der Waals surface area contributed by atoms with Crippen LogP contribution in [0, 0.1) is 17.8 Å². The smallest absolute Gasteiger partial charge is 0.0772 e. The highest BCUT2D eigenvalue weighted by Crippen LogP contribution is 2.23. The minimum Gasteiger partial charge on any atom is -0.320 e. The standard InChI is InChI=1S/C14H20N2S/c1-2-12-7-9-16(10-12)11-14-6-5-13(17-14)4-3-8-15/h5-6,12H,2,7-11,15H2,1H3. The van der Waals surface area contributed by atoms with Gasteiger partial charge in [0.05, 0.1) is 11.4 Å². The summed E-state index contributed by atoms with van der Waals surface area (Å²) >= 11 is 1.80. The number of nitrogens with zero attached hydrogens (tertiary/aromatic N) is 1. The lowest BCUT2D eigenvalue weighted by atomic mass is 10.1. The molecule has 1 aliphatic heterocycles. The summed E-state index contributed by atoms with van der Waals surface area (Å²) < 4.78 is 0. The van der Waals surface area contributed by atoms with Gasteiger partial charge >= 0.3 is 0 Å². The van der Waals surface area contributed by atoms with Gasteiger partial charge in [-0.15, -0.1) is 11.3 Å². The minimum atomic E-state index is 0.442. The Hall–Kier alpha value is -0.820. The molecule has 0 bridgehead atoms. The quantitative estimate of drug-likeness (QED) is 0.832. The Morgan fingerprint density at radius 3 is 3.12 bits per heavy atom. The lowest BCUT2D eigenvalue weighted by Crippen LogP contribution is -2.19. The van der Waals surface area contributed by atoms with Crippen molar-refractivity contribution in [2.45, 2.75) is 26.3 Å². The van der Waals surface area contributed by atoms with E-state index in [0.29, 0.717) is 6.54 Å². The second-order valence-electron chi connectivity index (χ2n) is 4.57. The van der Waals surface area contributed by atoms with Gasteiger partial charge in [0.2, 0.25) is 0 Å². The number of thiophene rings is 1. The van der Waals surface area contributed by atoms with Crippen LogP contribution in [0.3, 0.4) is 0 Å². The third-order valence-electron chi connectivity index (χ3n) is 3.30. The van der Waals surface area contributed by atoms with Gasteiger partial charge in [-0.25, -0.2) is 0 Å². The van der Waals surface area contributed by atoms with Gasteiger partial charge in [0.1, 0.15) is 0 Å². The summed E-state index contributed by atoms with van der Waals surface area (Å²) in [4.78, 5) is 5.11. The fourth-order valence-corrected chi connectivity index (χ4v) is 3.20. The molecule has 1 fully saturated rings. The SMILES string of the molecule is CCC1CCN(Cc2ccc(C#CCN)s2)C1. The van der Waals surface area contributed by atoms with Crippen LogP contribution in [0.4, 0.5) is 0 Å². The summed E-state index contributed by atoms with van der Waals surface area (Å²) in [6.07, 6.45) is 2.68. The van der Waals surface area contributed by atoms with Crippen LogP contribution in [-0.2, 0) is 6.54 Å². The van der Waals surface area contributed by atoms with Crippen LogP contribution in [0.1, 0.15) is 29.5 Å². The predicted octanol–water partition coefficient (Wildman–Crippen LogP) is 2.29. The van der Waals surface area contributed by atoms with E-state index in [9.17, 15) is 0 Å². The largest absolute Gasteiger partial charge is 0.320 e. The monoisotopic (exact) mass is 248 g/mol. The molecular weight excluding hydrogens is 228 g/mol. The molecule has 0 radical (unpaired) electrons. The summed E-state index contributed by atoms with van der Waals surface area (Å²) in [6.45, 7) is 6.33. The molecule has 1 aromatic heterocycles. The first-order valence-electron chi connectivity index (χ1n) is 6.31. The van der Waals surface area contributed by atoms with Crippen LogP contribution in [0.5, 0.6) is 0 Å². The first-order chi connectivity index (χ1) is 8.31. The Balaban J connectivity index is 1.89. The van der Waals surface area contributed by atoms with E-state index in [1.165, 1.54) is 30.8 Å². The number of nitrogens with two attached hydrogens (primary N) is 1. The molecular formula is C14H20N2S. The zero-order valence-electron chi connectivity index (χ0n) is 10.4. The summed E-state index contributed by atoms with van der Waals surface area (Å²) in [6, 6.07) is 4.31. The van der Waals surface area contributed by atoms with E-state index in [1.54, 1.807) is 11.3 Å². The van der Waals surface area contributed by atoms with Gasteiger partial charge in [-0.1, -0.05) is 25.2 Å². The average Bonchev–Trinajstić information content (AvgIpc) is 2.96. The molecule has 0 amide bonds. The number of hydrogen-bond donors (Lipinski definition) is 1. The normalized spacial score (nSPS) is 20.2. The van der Waals surface area contributed by atoms with E-state index in [4.69, 9.17) is 5.73 Å². The van der Waals surface area contributed by atoms with Gasteiger partial charge in [-0.3, -0.25) is 4.90 Å². The topological polar surface area (TPSA) is 29.3 Å². The number of likely N-dealkylation sites (tertiary alicyclic amines) is 1. The van der Waals surface area contributed by atoms with E-state index in [0.717, 1.165) is 17.3 Å². The Kier molecular flexibility index (Phi) is 4.61. The molecule has 1 saturated heterocycles. The molecule has 2 N–H and O–H groups in total. The highest BCUT2D eigenvalue weighted by Gasteiger charge is 2.20. The van der Waals surface area contributed by atoms with E-state index in [-0.39, 0.29) is 0 Å². The second kappa shape index (κ2) is 6.20. The molecule has 0 aromatic carbocycles.